The lowest BCUT2D eigenvalue weighted by atomic mass is 10.1. The Balaban J connectivity index is 1.16. The van der Waals surface area contributed by atoms with Crippen LogP contribution in [0.5, 0.6) is 5.88 Å². The molecular weight excluding hydrogens is 761 g/mol. The number of ether oxygens (including phenoxy) is 3. The number of carbonyl (C=O) groups is 6. The lowest BCUT2D eigenvalue weighted by molar-refractivity contribution is -0.157. The van der Waals surface area contributed by atoms with Gasteiger partial charge in [-0.3, -0.25) is 23.9 Å². The number of carbonyl (C=O) groups excluding carboxylic acids is 6. The number of nitrogens with zero attached hydrogens (tertiary/aromatic N) is 3. The van der Waals surface area contributed by atoms with Crippen LogP contribution in [-0.4, -0.2) is 119 Å². The van der Waals surface area contributed by atoms with Gasteiger partial charge >= 0.3 is 12.1 Å². The Bertz CT molecular complexity index is 2130. The third kappa shape index (κ3) is 8.41. The van der Waals surface area contributed by atoms with Crippen molar-refractivity contribution >= 4 is 56.5 Å². The van der Waals surface area contributed by atoms with Crippen LogP contribution in [0.3, 0.4) is 0 Å². The van der Waals surface area contributed by atoms with Gasteiger partial charge in [0, 0.05) is 36.8 Å². The van der Waals surface area contributed by atoms with Crippen LogP contribution in [0.15, 0.2) is 43.1 Å². The molecule has 1 unspecified atom stereocenters. The molecule has 0 radical (unpaired) electrons. The number of aromatic nitrogens is 1. The Hall–Kier alpha value is -5.26. The molecule has 306 valence electrons. The number of aryl methyl sites for hydroxylation is 1. The van der Waals surface area contributed by atoms with Gasteiger partial charge in [-0.2, -0.15) is 0 Å². The number of esters is 1. The van der Waals surface area contributed by atoms with Gasteiger partial charge in [0.2, 0.25) is 33.6 Å². The number of rotatable bonds is 13. The Kier molecular flexibility index (Phi) is 10.5. The van der Waals surface area contributed by atoms with Crippen LogP contribution in [0.25, 0.3) is 10.8 Å². The SMILES string of the molecule is C=CC1C[C@]1(NC(=O)[C@@H]1C[C@@H](Oc2nccc3cc(C)ccc23)CN1C(=O)[C@H](CCC(=O)N1C[C@H]2C[C@H]1C(=O)O2)NC(=O)OC(C)(C)C)C(=O)NS(=O)(=O)C1CC1. The summed E-state index contributed by atoms with van der Waals surface area (Å²) >= 11 is 0. The Morgan fingerprint density at radius 2 is 1.86 bits per heavy atom. The third-order valence-electron chi connectivity index (χ3n) is 11.0. The van der Waals surface area contributed by atoms with Crippen LogP contribution < -0.4 is 20.1 Å². The standard InChI is InChI=1S/C39H48N6O11S/c1-6-23-18-39(23,36(50)43-57(52,53)26-8-9-26)42-32(47)29-16-24(54-33-27-10-7-21(2)15-22(27)13-14-40-33)20-45(29)34(48)28(41-37(51)56-38(3,4)5)11-12-31(46)44-19-25-17-30(44)35(49)55-25/h6-7,10,13-15,23-26,28-30H,1,8-9,11-12,16-20H2,2-5H3,(H,41,51)(H,42,47)(H,43,50)/t23?,24-,25-,28+,29+,30+,39-/m1/s1. The molecule has 0 spiro atoms. The molecule has 5 amide bonds. The first-order valence-electron chi connectivity index (χ1n) is 19.2. The van der Waals surface area contributed by atoms with Crippen LogP contribution in [0.4, 0.5) is 4.79 Å². The smallest absolute Gasteiger partial charge is 0.408 e. The first-order valence-corrected chi connectivity index (χ1v) is 20.7. The van der Waals surface area contributed by atoms with Crippen molar-refractivity contribution in [3.63, 3.8) is 0 Å². The summed E-state index contributed by atoms with van der Waals surface area (Å²) in [4.78, 5) is 88.4. The average molecular weight is 809 g/mol. The highest BCUT2D eigenvalue weighted by molar-refractivity contribution is 7.91. The summed E-state index contributed by atoms with van der Waals surface area (Å²) in [5.74, 6) is -3.58. The van der Waals surface area contributed by atoms with Crippen LogP contribution in [-0.2, 0) is 43.5 Å². The normalized spacial score (nSPS) is 27.0. The fourth-order valence-electron chi connectivity index (χ4n) is 7.86. The minimum absolute atomic E-state index is 0.0601. The molecule has 2 aliphatic carbocycles. The zero-order valence-electron chi connectivity index (χ0n) is 32.3. The molecule has 1 aromatic heterocycles. The van der Waals surface area contributed by atoms with E-state index in [2.05, 4.69) is 26.9 Å². The first kappa shape index (κ1) is 40.0. The monoisotopic (exact) mass is 808 g/mol. The molecular formula is C39H48N6O11S. The quantitative estimate of drug-likeness (QED) is 0.195. The van der Waals surface area contributed by atoms with Crippen LogP contribution in [0, 0.1) is 12.8 Å². The molecule has 57 heavy (non-hydrogen) atoms. The van der Waals surface area contributed by atoms with E-state index in [0.717, 1.165) is 10.9 Å². The highest BCUT2D eigenvalue weighted by Crippen LogP contribution is 2.45. The highest BCUT2D eigenvalue weighted by Gasteiger charge is 2.62. The molecule has 3 saturated heterocycles. The average Bonchev–Trinajstić information content (AvgIpc) is 3.99. The zero-order valence-corrected chi connectivity index (χ0v) is 33.1. The first-order chi connectivity index (χ1) is 26.9. The molecule has 7 rings (SSSR count). The van der Waals surface area contributed by atoms with Crippen molar-refractivity contribution in [2.75, 3.05) is 13.1 Å². The van der Waals surface area contributed by atoms with E-state index in [1.54, 1.807) is 27.0 Å². The summed E-state index contributed by atoms with van der Waals surface area (Å²) in [6, 6.07) is 4.22. The van der Waals surface area contributed by atoms with E-state index in [1.807, 2.05) is 31.2 Å². The molecule has 7 atom stereocenters. The number of benzene rings is 1. The highest BCUT2D eigenvalue weighted by atomic mass is 32.2. The predicted octanol–water partition coefficient (Wildman–Crippen LogP) is 1.76. The molecule has 2 saturated carbocycles. The van der Waals surface area contributed by atoms with E-state index < -0.39 is 98.4 Å². The van der Waals surface area contributed by atoms with E-state index in [9.17, 15) is 37.2 Å². The summed E-state index contributed by atoms with van der Waals surface area (Å²) in [6.07, 6.45) is 1.76. The van der Waals surface area contributed by atoms with Gasteiger partial charge in [0.15, 0.2) is 0 Å². The Morgan fingerprint density at radius 3 is 2.51 bits per heavy atom. The number of nitrogens with one attached hydrogen (secondary N) is 3. The molecule has 4 heterocycles. The summed E-state index contributed by atoms with van der Waals surface area (Å²) in [6.45, 7) is 10.7. The van der Waals surface area contributed by atoms with Crippen molar-refractivity contribution in [3.8, 4) is 5.88 Å². The second kappa shape index (κ2) is 14.9. The number of likely N-dealkylation sites (tertiary alicyclic amines) is 2. The number of alkyl carbamates (subject to hydrolysis) is 1. The molecule has 1 aromatic carbocycles. The number of pyridine rings is 1. The fraction of sp³-hybridized carbons (Fsp3) is 0.564. The van der Waals surface area contributed by atoms with Gasteiger partial charge in [-0.05, 0) is 70.9 Å². The van der Waals surface area contributed by atoms with E-state index in [4.69, 9.17) is 14.2 Å². The lowest BCUT2D eigenvalue weighted by Gasteiger charge is -2.31. The lowest BCUT2D eigenvalue weighted by Crippen LogP contribution is -2.58. The zero-order chi connectivity index (χ0) is 41.0. The van der Waals surface area contributed by atoms with E-state index in [1.165, 1.54) is 15.9 Å². The largest absolute Gasteiger partial charge is 0.472 e. The maximum atomic E-state index is 14.7. The number of hydrogen-bond acceptors (Lipinski definition) is 12. The minimum atomic E-state index is -3.95. The van der Waals surface area contributed by atoms with Crippen molar-refractivity contribution in [2.45, 2.75) is 119 Å². The maximum Gasteiger partial charge on any atom is 0.408 e. The Morgan fingerprint density at radius 1 is 1.11 bits per heavy atom. The van der Waals surface area contributed by atoms with Crippen molar-refractivity contribution in [2.24, 2.45) is 5.92 Å². The summed E-state index contributed by atoms with van der Waals surface area (Å²) < 4.78 is 44.7. The maximum absolute atomic E-state index is 14.7. The topological polar surface area (TPSA) is 220 Å². The van der Waals surface area contributed by atoms with Crippen molar-refractivity contribution in [1.82, 2.24) is 30.1 Å². The van der Waals surface area contributed by atoms with Gasteiger partial charge in [-0.15, -0.1) is 6.58 Å². The Labute approximate surface area is 330 Å². The number of morpholine rings is 1. The van der Waals surface area contributed by atoms with Gasteiger partial charge in [0.05, 0.1) is 18.3 Å². The molecule has 5 fully saturated rings. The third-order valence-corrected chi connectivity index (χ3v) is 12.9. The van der Waals surface area contributed by atoms with Crippen LogP contribution >= 0.6 is 0 Å². The molecule has 18 heteroatoms. The fourth-order valence-corrected chi connectivity index (χ4v) is 9.22. The summed E-state index contributed by atoms with van der Waals surface area (Å²) in [7, 11) is -3.95. The molecule has 3 N–H and O–H groups in total. The van der Waals surface area contributed by atoms with E-state index in [0.29, 0.717) is 24.6 Å². The van der Waals surface area contributed by atoms with Crippen molar-refractivity contribution < 1.29 is 51.4 Å². The van der Waals surface area contributed by atoms with Crippen LogP contribution in [0.2, 0.25) is 0 Å². The van der Waals surface area contributed by atoms with E-state index >= 15 is 0 Å². The second-order valence-corrected chi connectivity index (χ2v) is 18.6. The van der Waals surface area contributed by atoms with Gasteiger partial charge in [0.25, 0.3) is 5.91 Å². The van der Waals surface area contributed by atoms with E-state index in [-0.39, 0.29) is 44.7 Å². The minimum Gasteiger partial charge on any atom is -0.472 e. The molecule has 5 aliphatic rings. The summed E-state index contributed by atoms with van der Waals surface area (Å²) in [5.41, 5.74) is -1.54. The van der Waals surface area contributed by atoms with Crippen molar-refractivity contribution in [1.29, 1.82) is 0 Å². The van der Waals surface area contributed by atoms with Gasteiger partial charge < -0.3 is 34.6 Å². The second-order valence-electron chi connectivity index (χ2n) is 16.6. The molecule has 2 bridgehead atoms. The molecule has 17 nitrogen and oxygen atoms in total. The van der Waals surface area contributed by atoms with Crippen molar-refractivity contribution in [3.05, 3.63) is 48.7 Å². The predicted molar refractivity (Wildman–Crippen MR) is 203 cm³/mol. The summed E-state index contributed by atoms with van der Waals surface area (Å²) in [5, 5.41) is 6.22. The molecule has 3 aliphatic heterocycles. The molecule has 2 aromatic rings. The number of hydrogen-bond donors (Lipinski definition) is 3. The van der Waals surface area contributed by atoms with Crippen LogP contribution in [0.1, 0.15) is 71.3 Å². The van der Waals surface area contributed by atoms with Gasteiger partial charge in [-0.25, -0.2) is 23.0 Å². The van der Waals surface area contributed by atoms with Gasteiger partial charge in [0.1, 0.15) is 41.5 Å². The number of fused-ring (bicyclic) bond motifs is 3. The van der Waals surface area contributed by atoms with Gasteiger partial charge in [-0.1, -0.05) is 23.8 Å². The number of sulfonamides is 1. The number of amides is 5.